The fourth-order valence-electron chi connectivity index (χ4n) is 2.99. The van der Waals surface area contributed by atoms with Crippen LogP contribution in [-0.4, -0.2) is 8.42 Å². The Hall–Kier alpha value is -2.24. The van der Waals surface area contributed by atoms with Gasteiger partial charge in [0.1, 0.15) is 12.4 Å². The maximum absolute atomic E-state index is 14.1. The molecule has 0 heterocycles. The number of hydrogen-bond acceptors (Lipinski definition) is 3. The summed E-state index contributed by atoms with van der Waals surface area (Å²) >= 11 is 0. The van der Waals surface area contributed by atoms with E-state index in [0.29, 0.717) is 10.9 Å². The Morgan fingerprint density at radius 3 is 2.14 bits per heavy atom. The van der Waals surface area contributed by atoms with Crippen LogP contribution in [0.25, 0.3) is 32.3 Å². The van der Waals surface area contributed by atoms with Crippen LogP contribution in [0, 0.1) is 12.4 Å². The van der Waals surface area contributed by atoms with Crippen LogP contribution in [0.3, 0.4) is 0 Å². The molecule has 0 fully saturated rings. The maximum atomic E-state index is 14.1. The Labute approximate surface area is 127 Å². The molecular formula is C17H10FO3S. The van der Waals surface area contributed by atoms with Gasteiger partial charge < -0.3 is 0 Å². The molecule has 0 amide bonds. The molecule has 1 radical (unpaired) electrons. The van der Waals surface area contributed by atoms with E-state index in [2.05, 4.69) is 4.18 Å². The molecular weight excluding hydrogens is 303 g/mol. The molecule has 5 heteroatoms. The van der Waals surface area contributed by atoms with Crippen LogP contribution in [0.2, 0.25) is 0 Å². The summed E-state index contributed by atoms with van der Waals surface area (Å²) in [6.45, 7) is 1.20. The SMILES string of the molecule is O=[SH](=O)O[CH]c1ccc2ccc3c(F)ccc4ccc1c2c43. The van der Waals surface area contributed by atoms with Crippen LogP contribution < -0.4 is 0 Å². The lowest BCUT2D eigenvalue weighted by molar-refractivity contribution is 0.430. The van der Waals surface area contributed by atoms with E-state index in [1.807, 2.05) is 24.3 Å². The fourth-order valence-corrected chi connectivity index (χ4v) is 3.19. The molecule has 0 bridgehead atoms. The molecule has 4 aromatic rings. The van der Waals surface area contributed by atoms with E-state index in [0.717, 1.165) is 26.9 Å². The van der Waals surface area contributed by atoms with Crippen LogP contribution in [0.5, 0.6) is 0 Å². The van der Waals surface area contributed by atoms with Crippen molar-refractivity contribution in [3.8, 4) is 0 Å². The third kappa shape index (κ3) is 1.94. The van der Waals surface area contributed by atoms with Crippen LogP contribution in [0.15, 0.2) is 48.5 Å². The van der Waals surface area contributed by atoms with Crippen LogP contribution in [0.4, 0.5) is 4.39 Å². The van der Waals surface area contributed by atoms with E-state index in [1.165, 1.54) is 12.7 Å². The van der Waals surface area contributed by atoms with Gasteiger partial charge >= 0.3 is 0 Å². The number of halogens is 1. The summed E-state index contributed by atoms with van der Waals surface area (Å²) in [6, 6.07) is 14.3. The lowest BCUT2D eigenvalue weighted by Crippen LogP contribution is -1.92. The highest BCUT2D eigenvalue weighted by Crippen LogP contribution is 2.37. The van der Waals surface area contributed by atoms with E-state index < -0.39 is 11.0 Å². The lowest BCUT2D eigenvalue weighted by atomic mass is 9.92. The summed E-state index contributed by atoms with van der Waals surface area (Å²) in [7, 11) is -2.95. The largest absolute Gasteiger partial charge is 0.261 e. The molecule has 0 aliphatic rings. The summed E-state index contributed by atoms with van der Waals surface area (Å²) in [4.78, 5) is 0. The molecule has 22 heavy (non-hydrogen) atoms. The third-order valence-electron chi connectivity index (χ3n) is 3.91. The molecule has 0 unspecified atom stereocenters. The lowest BCUT2D eigenvalue weighted by Gasteiger charge is -2.13. The molecule has 0 N–H and O–H groups in total. The van der Waals surface area contributed by atoms with Gasteiger partial charge in [0.05, 0.1) is 0 Å². The number of thiol groups is 1. The molecule has 4 rings (SSSR count). The van der Waals surface area contributed by atoms with Crippen molar-refractivity contribution in [2.24, 2.45) is 0 Å². The zero-order valence-electron chi connectivity index (χ0n) is 11.2. The molecule has 3 nitrogen and oxygen atoms in total. The number of benzene rings is 4. The predicted molar refractivity (Wildman–Crippen MR) is 84.9 cm³/mol. The quantitative estimate of drug-likeness (QED) is 0.462. The van der Waals surface area contributed by atoms with Crippen LogP contribution in [0.1, 0.15) is 5.56 Å². The van der Waals surface area contributed by atoms with Gasteiger partial charge in [0.2, 0.25) is 0 Å². The second-order valence-electron chi connectivity index (χ2n) is 5.07. The van der Waals surface area contributed by atoms with Gasteiger partial charge in [-0.05, 0) is 33.2 Å². The Kier molecular flexibility index (Phi) is 2.99. The van der Waals surface area contributed by atoms with Crippen molar-refractivity contribution >= 4 is 43.3 Å². The standard InChI is InChI=1S/C17H10FO3S/c18-15-8-5-11-3-6-13-12(9-21-22(19)20)2-1-10-4-7-14(15)17(11)16(10)13/h1-9,22H. The highest BCUT2D eigenvalue weighted by molar-refractivity contribution is 7.67. The Bertz CT molecular complexity index is 1080. The predicted octanol–water partition coefficient (Wildman–Crippen LogP) is 3.78. The second kappa shape index (κ2) is 4.90. The molecule has 0 aliphatic carbocycles. The van der Waals surface area contributed by atoms with E-state index in [1.54, 1.807) is 18.2 Å². The minimum absolute atomic E-state index is 0.268. The van der Waals surface area contributed by atoms with Crippen LogP contribution >= 0.6 is 0 Å². The van der Waals surface area contributed by atoms with Crippen molar-refractivity contribution in [1.29, 1.82) is 0 Å². The first-order valence-corrected chi connectivity index (χ1v) is 7.75. The first-order valence-electron chi connectivity index (χ1n) is 6.65. The molecule has 0 spiro atoms. The highest BCUT2D eigenvalue weighted by Gasteiger charge is 2.13. The van der Waals surface area contributed by atoms with Gasteiger partial charge in [-0.1, -0.05) is 42.5 Å². The fraction of sp³-hybridized carbons (Fsp3) is 0. The van der Waals surface area contributed by atoms with Gasteiger partial charge in [0.25, 0.3) is 11.0 Å². The molecule has 0 aromatic heterocycles. The average Bonchev–Trinajstić information content (AvgIpc) is 2.52. The van der Waals surface area contributed by atoms with E-state index in [4.69, 9.17) is 0 Å². The van der Waals surface area contributed by atoms with Crippen molar-refractivity contribution in [1.82, 2.24) is 0 Å². The molecule has 0 atom stereocenters. The summed E-state index contributed by atoms with van der Waals surface area (Å²) in [5.74, 6) is -0.268. The summed E-state index contributed by atoms with van der Waals surface area (Å²) in [5, 5.41) is 5.07. The summed E-state index contributed by atoms with van der Waals surface area (Å²) in [5.41, 5.74) is 0.644. The first kappa shape index (κ1) is 13.4. The van der Waals surface area contributed by atoms with E-state index >= 15 is 0 Å². The smallest absolute Gasteiger partial charge is 0.257 e. The molecule has 0 saturated carbocycles. The minimum atomic E-state index is -2.95. The zero-order chi connectivity index (χ0) is 15.3. The maximum Gasteiger partial charge on any atom is 0.257 e. The average molecular weight is 313 g/mol. The molecule has 0 saturated heterocycles. The Balaban J connectivity index is 2.12. The third-order valence-corrected chi connectivity index (χ3v) is 4.19. The normalized spacial score (nSPS) is 12.1. The Morgan fingerprint density at radius 2 is 1.41 bits per heavy atom. The van der Waals surface area contributed by atoms with Crippen molar-refractivity contribution in [3.05, 3.63) is 66.5 Å². The van der Waals surface area contributed by atoms with E-state index in [9.17, 15) is 12.8 Å². The van der Waals surface area contributed by atoms with Gasteiger partial charge in [0.15, 0.2) is 0 Å². The summed E-state index contributed by atoms with van der Waals surface area (Å²) < 4.78 is 39.9. The molecule has 0 aliphatic heterocycles. The first-order chi connectivity index (χ1) is 10.6. The van der Waals surface area contributed by atoms with Gasteiger partial charge in [-0.25, -0.2) is 12.8 Å². The monoisotopic (exact) mass is 313 g/mol. The number of rotatable bonds is 3. The van der Waals surface area contributed by atoms with Crippen molar-refractivity contribution in [2.45, 2.75) is 0 Å². The molecule has 109 valence electrons. The highest BCUT2D eigenvalue weighted by atomic mass is 32.2. The van der Waals surface area contributed by atoms with Crippen LogP contribution in [-0.2, 0) is 15.2 Å². The van der Waals surface area contributed by atoms with Gasteiger partial charge in [-0.2, -0.15) is 0 Å². The topological polar surface area (TPSA) is 43.4 Å². The van der Waals surface area contributed by atoms with Gasteiger partial charge in [-0.3, -0.25) is 4.18 Å². The molecule has 4 aromatic carbocycles. The second-order valence-corrected chi connectivity index (χ2v) is 5.73. The summed E-state index contributed by atoms with van der Waals surface area (Å²) in [6.07, 6.45) is 0. The number of hydrogen-bond donors (Lipinski definition) is 1. The van der Waals surface area contributed by atoms with Crippen molar-refractivity contribution < 1.29 is 17.0 Å². The van der Waals surface area contributed by atoms with E-state index in [-0.39, 0.29) is 5.82 Å². The van der Waals surface area contributed by atoms with Gasteiger partial charge in [-0.15, -0.1) is 0 Å². The Morgan fingerprint density at radius 1 is 0.818 bits per heavy atom. The zero-order valence-corrected chi connectivity index (χ0v) is 12.1. The van der Waals surface area contributed by atoms with Crippen molar-refractivity contribution in [3.63, 3.8) is 0 Å². The van der Waals surface area contributed by atoms with Crippen molar-refractivity contribution in [2.75, 3.05) is 0 Å². The minimum Gasteiger partial charge on any atom is -0.261 e. The van der Waals surface area contributed by atoms with Gasteiger partial charge in [0, 0.05) is 10.8 Å².